The van der Waals surface area contributed by atoms with Gasteiger partial charge in [-0.05, 0) is 30.0 Å². The van der Waals surface area contributed by atoms with E-state index in [-0.39, 0.29) is 12.5 Å². The van der Waals surface area contributed by atoms with Crippen LogP contribution in [-0.2, 0) is 4.79 Å². The number of carbonyl (C=O) groups excluding carboxylic acids is 1. The first-order chi connectivity index (χ1) is 12.1. The van der Waals surface area contributed by atoms with Gasteiger partial charge in [0, 0.05) is 9.86 Å². The van der Waals surface area contributed by atoms with E-state index < -0.39 is 0 Å². The highest BCUT2D eigenvalue weighted by Crippen LogP contribution is 2.31. The van der Waals surface area contributed by atoms with E-state index in [1.165, 1.54) is 0 Å². The van der Waals surface area contributed by atoms with Crippen LogP contribution in [-0.4, -0.2) is 18.2 Å². The number of hydrogen-bond acceptors (Lipinski definition) is 3. The van der Waals surface area contributed by atoms with E-state index in [0.717, 1.165) is 26.5 Å². The van der Waals surface area contributed by atoms with Gasteiger partial charge in [-0.15, -0.1) is 0 Å². The Bertz CT molecular complexity index is 923. The van der Waals surface area contributed by atoms with Crippen molar-refractivity contribution in [1.29, 1.82) is 0 Å². The highest BCUT2D eigenvalue weighted by Gasteiger charge is 2.07. The van der Waals surface area contributed by atoms with Crippen LogP contribution in [0.5, 0.6) is 5.75 Å². The molecule has 0 saturated heterocycles. The number of rotatable bonds is 5. The van der Waals surface area contributed by atoms with Crippen LogP contribution in [0, 0.1) is 0 Å². The number of halogens is 1. The normalized spacial score (nSPS) is 11.4. The van der Waals surface area contributed by atoms with Crippen molar-refractivity contribution in [3.63, 3.8) is 0 Å². The van der Waals surface area contributed by atoms with Gasteiger partial charge < -0.3 is 4.74 Å². The lowest BCUT2D eigenvalue weighted by molar-refractivity contribution is -0.123. The van der Waals surface area contributed by atoms with Crippen LogP contribution in [0.1, 0.15) is 12.5 Å². The van der Waals surface area contributed by atoms with Gasteiger partial charge in [0.05, 0.1) is 5.71 Å². The summed E-state index contributed by atoms with van der Waals surface area (Å²) in [7, 11) is 0. The predicted octanol–water partition coefficient (Wildman–Crippen LogP) is 4.52. The van der Waals surface area contributed by atoms with Crippen LogP contribution in [0.2, 0.25) is 0 Å². The monoisotopic (exact) mass is 396 g/mol. The van der Waals surface area contributed by atoms with E-state index in [1.807, 2.05) is 73.7 Å². The maximum atomic E-state index is 12.0. The molecular weight excluding hydrogens is 380 g/mol. The van der Waals surface area contributed by atoms with Gasteiger partial charge in [-0.1, -0.05) is 70.5 Å². The highest BCUT2D eigenvalue weighted by atomic mass is 79.9. The molecule has 25 heavy (non-hydrogen) atoms. The van der Waals surface area contributed by atoms with Gasteiger partial charge in [-0.25, -0.2) is 5.43 Å². The summed E-state index contributed by atoms with van der Waals surface area (Å²) in [5.41, 5.74) is 4.23. The number of hydrazone groups is 1. The van der Waals surface area contributed by atoms with Crippen molar-refractivity contribution in [2.45, 2.75) is 6.92 Å². The zero-order valence-corrected chi connectivity index (χ0v) is 15.3. The van der Waals surface area contributed by atoms with Gasteiger partial charge in [-0.3, -0.25) is 4.79 Å². The predicted molar refractivity (Wildman–Crippen MR) is 104 cm³/mol. The molecule has 0 unspecified atom stereocenters. The summed E-state index contributed by atoms with van der Waals surface area (Å²) in [4.78, 5) is 12.0. The van der Waals surface area contributed by atoms with Gasteiger partial charge in [-0.2, -0.15) is 5.10 Å². The molecule has 4 nitrogen and oxygen atoms in total. The lowest BCUT2D eigenvalue weighted by Gasteiger charge is -2.10. The Hall–Kier alpha value is -2.66. The number of hydrogen-bond donors (Lipinski definition) is 1. The fourth-order valence-electron chi connectivity index (χ4n) is 2.43. The number of ether oxygens (including phenoxy) is 1. The first-order valence-corrected chi connectivity index (χ1v) is 8.63. The third-order valence-corrected chi connectivity index (χ3v) is 4.42. The summed E-state index contributed by atoms with van der Waals surface area (Å²) in [5, 5.41) is 6.11. The van der Waals surface area contributed by atoms with Crippen molar-refractivity contribution < 1.29 is 9.53 Å². The Morgan fingerprint density at radius 2 is 1.68 bits per heavy atom. The summed E-state index contributed by atoms with van der Waals surface area (Å²) in [6.45, 7) is 1.75. The van der Waals surface area contributed by atoms with E-state index in [2.05, 4.69) is 26.5 Å². The number of carbonyl (C=O) groups is 1. The maximum Gasteiger partial charge on any atom is 0.277 e. The first kappa shape index (κ1) is 17.2. The van der Waals surface area contributed by atoms with E-state index in [0.29, 0.717) is 5.75 Å². The molecule has 0 heterocycles. The van der Waals surface area contributed by atoms with Gasteiger partial charge in [0.25, 0.3) is 5.91 Å². The zero-order chi connectivity index (χ0) is 17.6. The molecule has 3 rings (SSSR count). The molecule has 0 spiro atoms. The summed E-state index contributed by atoms with van der Waals surface area (Å²) in [5.74, 6) is 0.361. The zero-order valence-electron chi connectivity index (χ0n) is 13.7. The third kappa shape index (κ3) is 4.25. The minimum absolute atomic E-state index is 0.100. The fraction of sp³-hybridized carbons (Fsp3) is 0.100. The van der Waals surface area contributed by atoms with Crippen LogP contribution in [0.15, 0.2) is 76.3 Å². The molecule has 0 fully saturated rings. The van der Waals surface area contributed by atoms with Crippen molar-refractivity contribution in [2.24, 2.45) is 5.10 Å². The van der Waals surface area contributed by atoms with Crippen LogP contribution >= 0.6 is 15.9 Å². The Labute approximate surface area is 154 Å². The van der Waals surface area contributed by atoms with Crippen molar-refractivity contribution in [1.82, 2.24) is 5.43 Å². The molecule has 3 aromatic carbocycles. The third-order valence-electron chi connectivity index (χ3n) is 3.73. The van der Waals surface area contributed by atoms with Gasteiger partial charge in [0.15, 0.2) is 6.61 Å². The molecule has 5 heteroatoms. The fourth-order valence-corrected chi connectivity index (χ4v) is 2.90. The Balaban J connectivity index is 1.64. The van der Waals surface area contributed by atoms with Gasteiger partial charge in [0.1, 0.15) is 5.75 Å². The number of nitrogens with zero attached hydrogens (tertiary/aromatic N) is 1. The molecule has 0 saturated carbocycles. The molecule has 3 aromatic rings. The molecule has 0 aromatic heterocycles. The minimum atomic E-state index is -0.303. The molecule has 0 aliphatic carbocycles. The van der Waals surface area contributed by atoms with E-state index in [9.17, 15) is 4.79 Å². The SMILES string of the molecule is C/C(=N\NC(=O)COc1ccc(Br)c2ccccc12)c1ccccc1. The van der Waals surface area contributed by atoms with Crippen LogP contribution in [0.25, 0.3) is 10.8 Å². The summed E-state index contributed by atoms with van der Waals surface area (Å²) in [6.07, 6.45) is 0. The molecule has 0 radical (unpaired) electrons. The quantitative estimate of drug-likeness (QED) is 0.508. The van der Waals surface area contributed by atoms with Crippen molar-refractivity contribution in [2.75, 3.05) is 6.61 Å². The lowest BCUT2D eigenvalue weighted by Crippen LogP contribution is -2.25. The van der Waals surface area contributed by atoms with Crippen LogP contribution in [0.3, 0.4) is 0 Å². The standard InChI is InChI=1S/C20H17BrN2O2/c1-14(15-7-3-2-4-8-15)22-23-20(24)13-25-19-12-11-18(21)16-9-5-6-10-17(16)19/h2-12H,13H2,1H3,(H,23,24)/b22-14+. The highest BCUT2D eigenvalue weighted by molar-refractivity contribution is 9.10. The average molecular weight is 397 g/mol. The molecule has 126 valence electrons. The minimum Gasteiger partial charge on any atom is -0.483 e. The van der Waals surface area contributed by atoms with Crippen molar-refractivity contribution >= 4 is 38.3 Å². The van der Waals surface area contributed by atoms with Crippen LogP contribution in [0.4, 0.5) is 0 Å². The lowest BCUT2D eigenvalue weighted by atomic mass is 10.1. The number of fused-ring (bicyclic) bond motifs is 1. The number of benzene rings is 3. The Morgan fingerprint density at radius 3 is 2.44 bits per heavy atom. The summed E-state index contributed by atoms with van der Waals surface area (Å²) < 4.78 is 6.66. The van der Waals surface area contributed by atoms with E-state index in [4.69, 9.17) is 4.74 Å². The Morgan fingerprint density at radius 1 is 1.00 bits per heavy atom. The topological polar surface area (TPSA) is 50.7 Å². The smallest absolute Gasteiger partial charge is 0.277 e. The van der Waals surface area contributed by atoms with Gasteiger partial charge in [0.2, 0.25) is 0 Å². The number of amides is 1. The van der Waals surface area contributed by atoms with Crippen molar-refractivity contribution in [3.05, 3.63) is 76.8 Å². The first-order valence-electron chi connectivity index (χ1n) is 7.84. The van der Waals surface area contributed by atoms with Crippen molar-refractivity contribution in [3.8, 4) is 5.75 Å². The average Bonchev–Trinajstić information content (AvgIpc) is 2.66. The Kier molecular flexibility index (Phi) is 5.46. The van der Waals surface area contributed by atoms with Gasteiger partial charge >= 0.3 is 0 Å². The maximum absolute atomic E-state index is 12.0. The second kappa shape index (κ2) is 7.94. The number of nitrogens with one attached hydrogen (secondary N) is 1. The molecule has 1 N–H and O–H groups in total. The summed E-state index contributed by atoms with van der Waals surface area (Å²) >= 11 is 3.52. The second-order valence-corrected chi connectivity index (χ2v) is 6.33. The molecular formula is C20H17BrN2O2. The molecule has 0 aliphatic rings. The van der Waals surface area contributed by atoms with E-state index in [1.54, 1.807) is 0 Å². The molecule has 0 atom stereocenters. The molecule has 0 bridgehead atoms. The largest absolute Gasteiger partial charge is 0.483 e. The van der Waals surface area contributed by atoms with E-state index >= 15 is 0 Å². The second-order valence-electron chi connectivity index (χ2n) is 5.48. The molecule has 0 aliphatic heterocycles. The van der Waals surface area contributed by atoms with Crippen LogP contribution < -0.4 is 10.2 Å². The summed E-state index contributed by atoms with van der Waals surface area (Å²) in [6, 6.07) is 21.3. The molecule has 1 amide bonds.